The summed E-state index contributed by atoms with van der Waals surface area (Å²) in [6.45, 7) is 15.6. The summed E-state index contributed by atoms with van der Waals surface area (Å²) in [5, 5.41) is 11.8. The second kappa shape index (κ2) is 9.66. The van der Waals surface area contributed by atoms with Crippen molar-refractivity contribution in [2.24, 2.45) is 0 Å². The molecule has 3 amide bonds. The van der Waals surface area contributed by atoms with Crippen molar-refractivity contribution >= 4 is 18.1 Å². The molecule has 0 bridgehead atoms. The summed E-state index contributed by atoms with van der Waals surface area (Å²) in [5.41, 5.74) is 0.994. The van der Waals surface area contributed by atoms with Gasteiger partial charge in [-0.2, -0.15) is 0 Å². The Labute approximate surface area is 201 Å². The molecule has 9 nitrogen and oxygen atoms in total. The minimum Gasteiger partial charge on any atom is -0.443 e. The van der Waals surface area contributed by atoms with Crippen molar-refractivity contribution in [3.63, 3.8) is 0 Å². The number of rotatable bonds is 4. The van der Waals surface area contributed by atoms with E-state index in [-0.39, 0.29) is 5.91 Å². The van der Waals surface area contributed by atoms with E-state index in [1.165, 1.54) is 4.90 Å². The fourth-order valence-electron chi connectivity index (χ4n) is 3.44. The van der Waals surface area contributed by atoms with Gasteiger partial charge in [-0.15, -0.1) is 0 Å². The molecular weight excluding hydrogens is 438 g/mol. The van der Waals surface area contributed by atoms with Gasteiger partial charge in [0.2, 0.25) is 0 Å². The fraction of sp³-hybridized carbons (Fsp3) is 0.560. The molecule has 1 aromatic carbocycles. The smallest absolute Gasteiger partial charge is 0.429 e. The molecule has 9 heteroatoms. The van der Waals surface area contributed by atoms with Crippen molar-refractivity contribution in [1.29, 1.82) is 0 Å². The van der Waals surface area contributed by atoms with Crippen LogP contribution >= 0.6 is 0 Å². The number of hydrogen-bond acceptors (Lipinski definition) is 6. The molecule has 2 atom stereocenters. The maximum absolute atomic E-state index is 12.9. The molecule has 1 heterocycles. The van der Waals surface area contributed by atoms with Crippen LogP contribution in [0.3, 0.4) is 0 Å². The van der Waals surface area contributed by atoms with E-state index in [1.54, 1.807) is 98.7 Å². The average Bonchev–Trinajstić information content (AvgIpc) is 2.93. The van der Waals surface area contributed by atoms with Crippen LogP contribution in [-0.4, -0.2) is 55.9 Å². The van der Waals surface area contributed by atoms with Gasteiger partial charge in [0.25, 0.3) is 5.91 Å². The van der Waals surface area contributed by atoms with Gasteiger partial charge in [-0.25, -0.2) is 20.0 Å². The van der Waals surface area contributed by atoms with Crippen molar-refractivity contribution in [2.45, 2.75) is 91.3 Å². The molecule has 0 aromatic heterocycles. The molecule has 2 rings (SSSR count). The summed E-state index contributed by atoms with van der Waals surface area (Å²) in [4.78, 5) is 39.5. The molecule has 2 N–H and O–H groups in total. The Hall–Kier alpha value is -3.07. The number of fused-ring (bicyclic) bond motifs is 1. The first-order valence-corrected chi connectivity index (χ1v) is 11.2. The lowest BCUT2D eigenvalue weighted by molar-refractivity contribution is -0.0154. The number of nitrogens with one attached hydrogen (secondary N) is 1. The van der Waals surface area contributed by atoms with E-state index in [2.05, 4.69) is 5.43 Å². The Morgan fingerprint density at radius 2 is 1.62 bits per heavy atom. The topological polar surface area (TPSA) is 108 Å². The highest BCUT2D eigenvalue weighted by atomic mass is 16.6. The van der Waals surface area contributed by atoms with Crippen LogP contribution in [0.25, 0.3) is 0 Å². The number of amides is 3. The van der Waals surface area contributed by atoms with Gasteiger partial charge in [0.1, 0.15) is 11.2 Å². The SMILES string of the molecule is C[C@H](/C=C\C(C)(C)N1C(=O)c2ccccc2C1O)N(NC(=O)OC(C)(C)C)C(=O)OC(C)(C)C. The second-order valence-electron chi connectivity index (χ2n) is 10.9. The minimum absolute atomic E-state index is 0.290. The van der Waals surface area contributed by atoms with Gasteiger partial charge in [-0.3, -0.25) is 4.79 Å². The third-order valence-electron chi connectivity index (χ3n) is 4.94. The third kappa shape index (κ3) is 6.72. The van der Waals surface area contributed by atoms with Gasteiger partial charge in [0, 0.05) is 11.1 Å². The predicted molar refractivity (Wildman–Crippen MR) is 128 cm³/mol. The Kier molecular flexibility index (Phi) is 7.72. The summed E-state index contributed by atoms with van der Waals surface area (Å²) in [6, 6.07) is 6.25. The molecule has 1 aliphatic heterocycles. The minimum atomic E-state index is -1.10. The summed E-state index contributed by atoms with van der Waals surface area (Å²) >= 11 is 0. The Bertz CT molecular complexity index is 958. The second-order valence-corrected chi connectivity index (χ2v) is 10.9. The van der Waals surface area contributed by atoms with Crippen LogP contribution in [0.2, 0.25) is 0 Å². The van der Waals surface area contributed by atoms with E-state index < -0.39 is 41.2 Å². The molecule has 1 aliphatic rings. The third-order valence-corrected chi connectivity index (χ3v) is 4.94. The van der Waals surface area contributed by atoms with Gasteiger partial charge in [0.05, 0.1) is 11.6 Å². The maximum Gasteiger partial charge on any atom is 0.429 e. The largest absolute Gasteiger partial charge is 0.443 e. The van der Waals surface area contributed by atoms with Gasteiger partial charge >= 0.3 is 12.2 Å². The van der Waals surface area contributed by atoms with E-state index in [9.17, 15) is 19.5 Å². The molecule has 0 saturated heterocycles. The zero-order valence-corrected chi connectivity index (χ0v) is 21.5. The highest BCUT2D eigenvalue weighted by Gasteiger charge is 2.42. The highest BCUT2D eigenvalue weighted by Crippen LogP contribution is 2.37. The number of ether oxygens (including phenoxy) is 2. The van der Waals surface area contributed by atoms with Gasteiger partial charge < -0.3 is 19.5 Å². The summed E-state index contributed by atoms with van der Waals surface area (Å²) in [7, 11) is 0. The lowest BCUT2D eigenvalue weighted by Gasteiger charge is -2.36. The monoisotopic (exact) mass is 475 g/mol. The van der Waals surface area contributed by atoms with E-state index in [0.717, 1.165) is 5.01 Å². The standard InChI is InChI=1S/C25H37N3O6/c1-16(28(22(32)34-24(5,6)7)26-21(31)33-23(2,3)4)14-15-25(8,9)27-19(29)17-12-10-11-13-18(17)20(27)30/h10-16,19,29H,1-9H3,(H,26,31)/b15-14-/t16-,19?/m1/s1. The Balaban J connectivity index is 2.26. The van der Waals surface area contributed by atoms with Crippen LogP contribution in [0.4, 0.5) is 9.59 Å². The number of hydrazine groups is 1. The number of carbonyl (C=O) groups excluding carboxylic acids is 3. The summed E-state index contributed by atoms with van der Waals surface area (Å²) in [6.07, 6.45) is 0.695. The molecule has 1 unspecified atom stereocenters. The van der Waals surface area contributed by atoms with E-state index >= 15 is 0 Å². The molecule has 0 aliphatic carbocycles. The van der Waals surface area contributed by atoms with Crippen LogP contribution in [0, 0.1) is 0 Å². The van der Waals surface area contributed by atoms with Gasteiger partial charge in [-0.1, -0.05) is 30.4 Å². The highest BCUT2D eigenvalue weighted by molar-refractivity contribution is 5.99. The van der Waals surface area contributed by atoms with Crippen molar-refractivity contribution in [3.05, 3.63) is 47.5 Å². The fourth-order valence-corrected chi connectivity index (χ4v) is 3.44. The molecule has 188 valence electrons. The molecular formula is C25H37N3O6. The van der Waals surface area contributed by atoms with Crippen LogP contribution in [-0.2, 0) is 9.47 Å². The van der Waals surface area contributed by atoms with E-state index in [1.807, 2.05) is 0 Å². The zero-order valence-electron chi connectivity index (χ0n) is 21.5. The number of aliphatic hydroxyl groups is 1. The first-order valence-electron chi connectivity index (χ1n) is 11.2. The molecule has 0 radical (unpaired) electrons. The summed E-state index contributed by atoms with van der Waals surface area (Å²) < 4.78 is 10.7. The first kappa shape index (κ1) is 27.2. The number of benzene rings is 1. The lowest BCUT2D eigenvalue weighted by atomic mass is 10.0. The van der Waals surface area contributed by atoms with E-state index in [0.29, 0.717) is 11.1 Å². The quantitative estimate of drug-likeness (QED) is 0.489. The van der Waals surface area contributed by atoms with Crippen LogP contribution in [0.1, 0.15) is 84.5 Å². The van der Waals surface area contributed by atoms with Crippen LogP contribution < -0.4 is 5.43 Å². The van der Waals surface area contributed by atoms with E-state index in [4.69, 9.17) is 9.47 Å². The Morgan fingerprint density at radius 3 is 2.15 bits per heavy atom. The van der Waals surface area contributed by atoms with Crippen LogP contribution in [0.15, 0.2) is 36.4 Å². The first-order chi connectivity index (χ1) is 15.4. The number of nitrogens with zero attached hydrogens (tertiary/aromatic N) is 2. The normalized spacial score (nSPS) is 17.4. The van der Waals surface area contributed by atoms with Gasteiger partial charge in [0.15, 0.2) is 6.23 Å². The maximum atomic E-state index is 12.9. The zero-order chi connectivity index (χ0) is 26.1. The molecule has 1 aromatic rings. The van der Waals surface area contributed by atoms with Gasteiger partial charge in [-0.05, 0) is 68.4 Å². The van der Waals surface area contributed by atoms with Crippen molar-refractivity contribution in [1.82, 2.24) is 15.3 Å². The Morgan fingerprint density at radius 1 is 1.06 bits per heavy atom. The summed E-state index contributed by atoms with van der Waals surface area (Å²) in [5.74, 6) is -0.290. The van der Waals surface area contributed by atoms with Crippen molar-refractivity contribution in [3.8, 4) is 0 Å². The lowest BCUT2D eigenvalue weighted by Crippen LogP contribution is -2.53. The van der Waals surface area contributed by atoms with Crippen molar-refractivity contribution < 1.29 is 29.0 Å². The number of hydrogen-bond donors (Lipinski definition) is 2. The molecule has 0 fully saturated rings. The van der Waals surface area contributed by atoms with Crippen LogP contribution in [0.5, 0.6) is 0 Å². The molecule has 0 saturated carbocycles. The van der Waals surface area contributed by atoms with Crippen molar-refractivity contribution in [2.75, 3.05) is 0 Å². The average molecular weight is 476 g/mol. The molecule has 34 heavy (non-hydrogen) atoms. The predicted octanol–water partition coefficient (Wildman–Crippen LogP) is 4.53. The number of aliphatic hydroxyl groups excluding tert-OH is 1. The number of carbonyl (C=O) groups is 3. The molecule has 0 spiro atoms.